The van der Waals surface area contributed by atoms with E-state index in [4.69, 9.17) is 11.6 Å². The quantitative estimate of drug-likeness (QED) is 0.844. The minimum Gasteiger partial charge on any atom is -0.311 e. The molecule has 0 aromatic heterocycles. The molecule has 0 spiro atoms. The Balaban J connectivity index is 2.08. The molecule has 1 aliphatic carbocycles. The van der Waals surface area contributed by atoms with Crippen molar-refractivity contribution in [2.45, 2.75) is 44.6 Å². The Labute approximate surface area is 103 Å². The third-order valence-corrected chi connectivity index (χ3v) is 3.48. The lowest BCUT2D eigenvalue weighted by Crippen LogP contribution is -2.40. The van der Waals surface area contributed by atoms with Gasteiger partial charge >= 0.3 is 0 Å². The predicted octanol–water partition coefficient (Wildman–Crippen LogP) is 3.76. The van der Waals surface area contributed by atoms with Crippen molar-refractivity contribution < 1.29 is 0 Å². The van der Waals surface area contributed by atoms with Crippen molar-refractivity contribution in [2.24, 2.45) is 0 Å². The smallest absolute Gasteiger partial charge is 0.0408 e. The second-order valence-electron chi connectivity index (χ2n) is 5.89. The lowest BCUT2D eigenvalue weighted by Gasteiger charge is -2.25. The van der Waals surface area contributed by atoms with E-state index < -0.39 is 0 Å². The van der Waals surface area contributed by atoms with E-state index in [9.17, 15) is 0 Å². The fourth-order valence-corrected chi connectivity index (χ4v) is 2.16. The summed E-state index contributed by atoms with van der Waals surface area (Å²) in [4.78, 5) is 0. The highest BCUT2D eigenvalue weighted by atomic mass is 35.5. The molecular weight excluding hydrogens is 218 g/mol. The Hall–Kier alpha value is -0.530. The van der Waals surface area contributed by atoms with Crippen LogP contribution in [0.5, 0.6) is 0 Å². The summed E-state index contributed by atoms with van der Waals surface area (Å²) in [5, 5.41) is 4.45. The van der Waals surface area contributed by atoms with Crippen molar-refractivity contribution in [3.8, 4) is 0 Å². The molecule has 1 nitrogen and oxygen atoms in total. The van der Waals surface area contributed by atoms with Crippen molar-refractivity contribution in [2.75, 3.05) is 6.54 Å². The van der Waals surface area contributed by atoms with E-state index in [0.29, 0.717) is 5.41 Å². The van der Waals surface area contributed by atoms with Gasteiger partial charge in [-0.1, -0.05) is 23.7 Å². The van der Waals surface area contributed by atoms with Gasteiger partial charge in [0, 0.05) is 22.5 Å². The van der Waals surface area contributed by atoms with Crippen molar-refractivity contribution in [3.05, 3.63) is 34.9 Å². The van der Waals surface area contributed by atoms with Gasteiger partial charge in [0.2, 0.25) is 0 Å². The molecule has 88 valence electrons. The maximum atomic E-state index is 6.05. The molecule has 16 heavy (non-hydrogen) atoms. The van der Waals surface area contributed by atoms with Crippen molar-refractivity contribution in [1.29, 1.82) is 0 Å². The van der Waals surface area contributed by atoms with Gasteiger partial charge in [-0.2, -0.15) is 0 Å². The van der Waals surface area contributed by atoms with Crippen molar-refractivity contribution in [1.82, 2.24) is 5.32 Å². The van der Waals surface area contributed by atoms with Gasteiger partial charge in [0.1, 0.15) is 0 Å². The molecule has 0 amide bonds. The molecule has 0 heterocycles. The molecule has 1 aliphatic rings. The highest BCUT2D eigenvalue weighted by Crippen LogP contribution is 2.48. The van der Waals surface area contributed by atoms with E-state index in [1.54, 1.807) is 0 Å². The predicted molar refractivity (Wildman–Crippen MR) is 70.1 cm³/mol. The van der Waals surface area contributed by atoms with Gasteiger partial charge in [-0.05, 0) is 51.3 Å². The normalized spacial score (nSPS) is 18.5. The maximum absolute atomic E-state index is 6.05. The van der Waals surface area contributed by atoms with Crippen LogP contribution in [0.1, 0.15) is 39.2 Å². The zero-order valence-electron chi connectivity index (χ0n) is 10.3. The van der Waals surface area contributed by atoms with E-state index in [0.717, 1.165) is 11.6 Å². The van der Waals surface area contributed by atoms with E-state index in [1.807, 2.05) is 6.07 Å². The lowest BCUT2D eigenvalue weighted by molar-refractivity contribution is 0.400. The topological polar surface area (TPSA) is 12.0 Å². The first-order valence-corrected chi connectivity index (χ1v) is 6.30. The number of halogens is 1. The number of hydrogen-bond acceptors (Lipinski definition) is 1. The minimum atomic E-state index is 0.189. The van der Waals surface area contributed by atoms with Crippen LogP contribution in [0.25, 0.3) is 0 Å². The zero-order valence-corrected chi connectivity index (χ0v) is 11.1. The minimum absolute atomic E-state index is 0.189. The molecular formula is C14H20ClN. The van der Waals surface area contributed by atoms with Crippen LogP contribution < -0.4 is 5.32 Å². The van der Waals surface area contributed by atoms with Gasteiger partial charge in [0.05, 0.1) is 0 Å². The molecule has 0 bridgehead atoms. The summed E-state index contributed by atoms with van der Waals surface area (Å²) in [6.07, 6.45) is 2.55. The van der Waals surface area contributed by atoms with Gasteiger partial charge in [-0.3, -0.25) is 0 Å². The SMILES string of the molecule is CC(C)(C)NCC1(c2cccc(Cl)c2)CC1. The molecule has 0 aliphatic heterocycles. The summed E-state index contributed by atoms with van der Waals surface area (Å²) < 4.78 is 0. The standard InChI is InChI=1S/C14H20ClN/c1-13(2,3)16-10-14(7-8-14)11-5-4-6-12(15)9-11/h4-6,9,16H,7-8,10H2,1-3H3. The first-order valence-electron chi connectivity index (χ1n) is 5.92. The molecule has 1 aromatic rings. The fraction of sp³-hybridized carbons (Fsp3) is 0.571. The van der Waals surface area contributed by atoms with Crippen LogP contribution in [0.3, 0.4) is 0 Å². The molecule has 2 rings (SSSR count). The molecule has 1 N–H and O–H groups in total. The Morgan fingerprint density at radius 2 is 2.00 bits per heavy atom. The second kappa shape index (κ2) is 4.05. The molecule has 0 atom stereocenters. The van der Waals surface area contributed by atoms with Crippen molar-refractivity contribution in [3.63, 3.8) is 0 Å². The van der Waals surface area contributed by atoms with Crippen LogP contribution in [0.15, 0.2) is 24.3 Å². The third-order valence-electron chi connectivity index (χ3n) is 3.25. The molecule has 0 radical (unpaired) electrons. The molecule has 1 aromatic carbocycles. The van der Waals surface area contributed by atoms with Crippen LogP contribution >= 0.6 is 11.6 Å². The van der Waals surface area contributed by atoms with Crippen LogP contribution in [0.4, 0.5) is 0 Å². The summed E-state index contributed by atoms with van der Waals surface area (Å²) in [5.41, 5.74) is 1.92. The summed E-state index contributed by atoms with van der Waals surface area (Å²) in [7, 11) is 0. The monoisotopic (exact) mass is 237 g/mol. The van der Waals surface area contributed by atoms with E-state index >= 15 is 0 Å². The highest BCUT2D eigenvalue weighted by Gasteiger charge is 2.44. The van der Waals surface area contributed by atoms with Gasteiger partial charge < -0.3 is 5.32 Å². The number of nitrogens with one attached hydrogen (secondary N) is 1. The van der Waals surface area contributed by atoms with Crippen molar-refractivity contribution >= 4 is 11.6 Å². The van der Waals surface area contributed by atoms with E-state index in [-0.39, 0.29) is 5.54 Å². The molecule has 0 unspecified atom stereocenters. The summed E-state index contributed by atoms with van der Waals surface area (Å²) in [6.45, 7) is 7.68. The molecule has 0 saturated heterocycles. The van der Waals surface area contributed by atoms with Gasteiger partial charge in [-0.15, -0.1) is 0 Å². The third kappa shape index (κ3) is 2.78. The molecule has 1 saturated carbocycles. The van der Waals surface area contributed by atoms with Crippen LogP contribution in [-0.2, 0) is 5.41 Å². The second-order valence-corrected chi connectivity index (χ2v) is 6.33. The molecule has 1 fully saturated rings. The Kier molecular flexibility index (Phi) is 3.02. The summed E-state index contributed by atoms with van der Waals surface area (Å²) >= 11 is 6.05. The van der Waals surface area contributed by atoms with Gasteiger partial charge in [0.15, 0.2) is 0 Å². The average molecular weight is 238 g/mol. The number of benzene rings is 1. The Bertz CT molecular complexity index is 375. The first kappa shape index (κ1) is 11.9. The van der Waals surface area contributed by atoms with Crippen LogP contribution in [-0.4, -0.2) is 12.1 Å². The Morgan fingerprint density at radius 3 is 2.50 bits per heavy atom. The van der Waals surface area contributed by atoms with Gasteiger partial charge in [0.25, 0.3) is 0 Å². The average Bonchev–Trinajstić information content (AvgIpc) is 2.94. The van der Waals surface area contributed by atoms with E-state index in [1.165, 1.54) is 18.4 Å². The van der Waals surface area contributed by atoms with Gasteiger partial charge in [-0.25, -0.2) is 0 Å². The van der Waals surface area contributed by atoms with E-state index in [2.05, 4.69) is 44.3 Å². The van der Waals surface area contributed by atoms with Crippen LogP contribution in [0.2, 0.25) is 5.02 Å². The first-order chi connectivity index (χ1) is 7.41. The number of rotatable bonds is 3. The summed E-state index contributed by atoms with van der Waals surface area (Å²) in [6, 6.07) is 8.30. The lowest BCUT2D eigenvalue weighted by atomic mass is 9.94. The largest absolute Gasteiger partial charge is 0.311 e. The summed E-state index contributed by atoms with van der Waals surface area (Å²) in [5.74, 6) is 0. The van der Waals surface area contributed by atoms with Crippen LogP contribution in [0, 0.1) is 0 Å². The zero-order chi connectivity index (χ0) is 11.8. The molecule has 2 heteroatoms. The Morgan fingerprint density at radius 1 is 1.31 bits per heavy atom. The number of hydrogen-bond donors (Lipinski definition) is 1. The fourth-order valence-electron chi connectivity index (χ4n) is 1.97. The maximum Gasteiger partial charge on any atom is 0.0408 e. The highest BCUT2D eigenvalue weighted by molar-refractivity contribution is 6.30.